The van der Waals surface area contributed by atoms with Crippen molar-refractivity contribution in [3.05, 3.63) is 53.5 Å². The van der Waals surface area contributed by atoms with E-state index in [1.165, 1.54) is 37.9 Å². The number of fused-ring (bicyclic) bond motifs is 1. The Bertz CT molecular complexity index is 1090. The van der Waals surface area contributed by atoms with Crippen molar-refractivity contribution in [2.24, 2.45) is 0 Å². The Balaban J connectivity index is 1.41. The minimum atomic E-state index is -0.00484. The number of ether oxygens (including phenoxy) is 1. The molecule has 2 N–H and O–H groups in total. The minimum Gasteiger partial charge on any atom is -0.381 e. The van der Waals surface area contributed by atoms with Gasteiger partial charge in [-0.25, -0.2) is 0 Å². The van der Waals surface area contributed by atoms with Crippen LogP contribution in [0.1, 0.15) is 53.7 Å². The van der Waals surface area contributed by atoms with E-state index < -0.39 is 0 Å². The van der Waals surface area contributed by atoms with E-state index in [1.54, 1.807) is 0 Å². The predicted octanol–water partition coefficient (Wildman–Crippen LogP) is 4.43. The van der Waals surface area contributed by atoms with Gasteiger partial charge in [-0.3, -0.25) is 14.7 Å². The molecule has 0 unspecified atom stereocenters. The van der Waals surface area contributed by atoms with Gasteiger partial charge in [0.1, 0.15) is 0 Å². The summed E-state index contributed by atoms with van der Waals surface area (Å²) in [7, 11) is 0. The van der Waals surface area contributed by atoms with Gasteiger partial charge in [-0.1, -0.05) is 12.5 Å². The average molecular weight is 433 g/mol. The lowest BCUT2D eigenvalue weighted by Gasteiger charge is -2.26. The highest BCUT2D eigenvalue weighted by atomic mass is 16.5. The van der Waals surface area contributed by atoms with Gasteiger partial charge in [0, 0.05) is 60.4 Å². The highest BCUT2D eigenvalue weighted by Gasteiger charge is 2.21. The molecule has 32 heavy (non-hydrogen) atoms. The maximum atomic E-state index is 13.1. The molecule has 3 aromatic rings. The lowest BCUT2D eigenvalue weighted by molar-refractivity contribution is 0.0697. The van der Waals surface area contributed by atoms with Gasteiger partial charge in [0.05, 0.1) is 5.56 Å². The number of amides is 1. The topological polar surface area (TPSA) is 70.2 Å². The third-order valence-electron chi connectivity index (χ3n) is 6.75. The molecular weight excluding hydrogens is 400 g/mol. The molecule has 0 bridgehead atoms. The Labute approximate surface area is 189 Å². The van der Waals surface area contributed by atoms with Crippen LogP contribution in [0.25, 0.3) is 22.0 Å². The molecule has 1 aromatic carbocycles. The molecule has 6 heteroatoms. The first kappa shape index (κ1) is 21.2. The zero-order valence-corrected chi connectivity index (χ0v) is 18.8. The molecule has 0 aliphatic carbocycles. The van der Waals surface area contributed by atoms with Crippen molar-refractivity contribution in [1.82, 2.24) is 20.2 Å². The number of aromatic amines is 1. The van der Waals surface area contributed by atoms with Crippen molar-refractivity contribution in [2.75, 3.05) is 26.3 Å². The number of nitrogens with zero attached hydrogens (tertiary/aromatic N) is 2. The quantitative estimate of drug-likeness (QED) is 0.626. The highest BCUT2D eigenvalue weighted by molar-refractivity contribution is 6.09. The van der Waals surface area contributed by atoms with Crippen LogP contribution in [0, 0.1) is 6.92 Å². The summed E-state index contributed by atoms with van der Waals surface area (Å²) in [6, 6.07) is 8.73. The predicted molar refractivity (Wildman–Crippen MR) is 127 cm³/mol. The molecule has 2 aromatic heterocycles. The van der Waals surface area contributed by atoms with Gasteiger partial charge < -0.3 is 15.0 Å². The molecule has 2 fully saturated rings. The number of hydrogen-bond acceptors (Lipinski definition) is 4. The Hall–Kier alpha value is -2.70. The van der Waals surface area contributed by atoms with E-state index in [2.05, 4.69) is 44.5 Å². The minimum absolute atomic E-state index is 0.00484. The number of benzene rings is 1. The smallest absolute Gasteiger partial charge is 0.253 e. The number of H-pyrrole nitrogens is 1. The Morgan fingerprint density at radius 2 is 1.94 bits per heavy atom. The van der Waals surface area contributed by atoms with Gasteiger partial charge in [0.25, 0.3) is 5.91 Å². The van der Waals surface area contributed by atoms with Crippen LogP contribution in [0.3, 0.4) is 0 Å². The molecule has 6 nitrogen and oxygen atoms in total. The van der Waals surface area contributed by atoms with E-state index >= 15 is 0 Å². The zero-order chi connectivity index (χ0) is 21.9. The maximum absolute atomic E-state index is 13.1. The van der Waals surface area contributed by atoms with Crippen LogP contribution in [0.2, 0.25) is 0 Å². The number of pyridine rings is 1. The number of carbonyl (C=O) groups excluding carboxylic acids is 1. The molecule has 2 aliphatic rings. The number of hydrogen-bond donors (Lipinski definition) is 2. The summed E-state index contributed by atoms with van der Waals surface area (Å²) in [5.74, 6) is -0.00484. The average Bonchev–Trinajstić information content (AvgIpc) is 3.15. The summed E-state index contributed by atoms with van der Waals surface area (Å²) in [6.45, 7) is 6.69. The molecular formula is C26H32N4O2. The van der Waals surface area contributed by atoms with Crippen molar-refractivity contribution in [2.45, 2.75) is 51.6 Å². The third-order valence-corrected chi connectivity index (χ3v) is 6.75. The van der Waals surface area contributed by atoms with E-state index in [0.29, 0.717) is 13.2 Å². The molecule has 0 saturated carbocycles. The fourth-order valence-corrected chi connectivity index (χ4v) is 5.01. The van der Waals surface area contributed by atoms with Gasteiger partial charge in [-0.2, -0.15) is 0 Å². The highest BCUT2D eigenvalue weighted by Crippen LogP contribution is 2.29. The van der Waals surface area contributed by atoms with Gasteiger partial charge in [-0.15, -0.1) is 0 Å². The first-order valence-corrected chi connectivity index (χ1v) is 11.8. The van der Waals surface area contributed by atoms with Gasteiger partial charge >= 0.3 is 0 Å². The monoisotopic (exact) mass is 432 g/mol. The SMILES string of the molecule is Cc1[nH]c2ccc(-c3cncc(CN4CCCCC4)c3)cc2c1C(=O)NC1CCOCC1. The largest absolute Gasteiger partial charge is 0.381 e. The number of likely N-dealkylation sites (tertiary alicyclic amines) is 1. The summed E-state index contributed by atoms with van der Waals surface area (Å²) in [6.07, 6.45) is 9.55. The number of aryl methyl sites for hydroxylation is 1. The number of carbonyl (C=O) groups is 1. The second kappa shape index (κ2) is 9.43. The van der Waals surface area contributed by atoms with Gasteiger partial charge in [-0.05, 0) is 75.0 Å². The van der Waals surface area contributed by atoms with Crippen LogP contribution in [0.5, 0.6) is 0 Å². The lowest BCUT2D eigenvalue weighted by atomic mass is 10.0. The van der Waals surface area contributed by atoms with Crippen LogP contribution < -0.4 is 5.32 Å². The normalized spacial score (nSPS) is 18.2. The summed E-state index contributed by atoms with van der Waals surface area (Å²) in [5, 5.41) is 4.18. The van der Waals surface area contributed by atoms with Crippen molar-refractivity contribution in [3.8, 4) is 11.1 Å². The van der Waals surface area contributed by atoms with Crippen LogP contribution in [0.4, 0.5) is 0 Å². The molecule has 168 valence electrons. The van der Waals surface area contributed by atoms with Crippen LogP contribution in [-0.2, 0) is 11.3 Å². The summed E-state index contributed by atoms with van der Waals surface area (Å²) in [5.41, 5.74) is 6.05. The fraction of sp³-hybridized carbons (Fsp3) is 0.462. The van der Waals surface area contributed by atoms with Crippen molar-refractivity contribution in [1.29, 1.82) is 0 Å². The Kier molecular flexibility index (Phi) is 6.23. The van der Waals surface area contributed by atoms with Crippen LogP contribution in [-0.4, -0.2) is 53.1 Å². The van der Waals surface area contributed by atoms with Crippen LogP contribution in [0.15, 0.2) is 36.7 Å². The van der Waals surface area contributed by atoms with E-state index in [-0.39, 0.29) is 11.9 Å². The number of piperidine rings is 1. The summed E-state index contributed by atoms with van der Waals surface area (Å²) in [4.78, 5) is 23.6. The summed E-state index contributed by atoms with van der Waals surface area (Å²) >= 11 is 0. The third kappa shape index (κ3) is 4.57. The number of nitrogens with one attached hydrogen (secondary N) is 2. The molecule has 1 amide bonds. The first-order valence-electron chi connectivity index (χ1n) is 11.8. The lowest BCUT2D eigenvalue weighted by Crippen LogP contribution is -2.39. The van der Waals surface area contributed by atoms with Crippen LogP contribution >= 0.6 is 0 Å². The van der Waals surface area contributed by atoms with E-state index in [4.69, 9.17) is 4.74 Å². The Morgan fingerprint density at radius 1 is 1.12 bits per heavy atom. The van der Waals surface area contributed by atoms with Crippen molar-refractivity contribution in [3.63, 3.8) is 0 Å². The fourth-order valence-electron chi connectivity index (χ4n) is 5.01. The van der Waals surface area contributed by atoms with Crippen molar-refractivity contribution < 1.29 is 9.53 Å². The molecule has 5 rings (SSSR count). The summed E-state index contributed by atoms with van der Waals surface area (Å²) < 4.78 is 5.42. The second-order valence-corrected chi connectivity index (χ2v) is 9.16. The zero-order valence-electron chi connectivity index (χ0n) is 18.8. The number of rotatable bonds is 5. The van der Waals surface area contributed by atoms with E-state index in [0.717, 1.165) is 52.7 Å². The molecule has 0 radical (unpaired) electrons. The molecule has 2 aliphatic heterocycles. The van der Waals surface area contributed by atoms with Crippen molar-refractivity contribution >= 4 is 16.8 Å². The molecule has 2 saturated heterocycles. The maximum Gasteiger partial charge on any atom is 0.253 e. The Morgan fingerprint density at radius 3 is 2.75 bits per heavy atom. The molecule has 0 atom stereocenters. The standard InChI is InChI=1S/C26H32N4O2/c1-18-25(26(31)29-22-7-11-32-12-8-22)23-14-20(5-6-24(23)28-18)21-13-19(15-27-16-21)17-30-9-3-2-4-10-30/h5-6,13-16,22,28H,2-4,7-12,17H2,1H3,(H,29,31). The molecule has 0 spiro atoms. The van der Waals surface area contributed by atoms with E-state index in [1.807, 2.05) is 19.3 Å². The van der Waals surface area contributed by atoms with Gasteiger partial charge in [0.15, 0.2) is 0 Å². The first-order chi connectivity index (χ1) is 15.7. The van der Waals surface area contributed by atoms with Gasteiger partial charge in [0.2, 0.25) is 0 Å². The van der Waals surface area contributed by atoms with E-state index in [9.17, 15) is 4.79 Å². The second-order valence-electron chi connectivity index (χ2n) is 9.16. The number of aromatic nitrogens is 2. The molecule has 4 heterocycles.